The summed E-state index contributed by atoms with van der Waals surface area (Å²) in [5.41, 5.74) is 2.95. The van der Waals surface area contributed by atoms with Crippen LogP contribution in [0.5, 0.6) is 0 Å². The Bertz CT molecular complexity index is 1960. The monoisotopic (exact) mass is 562 g/mol. The number of para-hydroxylation sites is 2. The highest BCUT2D eigenvalue weighted by Crippen LogP contribution is 2.29. The molecule has 0 amide bonds. The molecular formula is C31H26N6O3S. The fraction of sp³-hybridized carbons (Fsp3) is 0.161. The van der Waals surface area contributed by atoms with Gasteiger partial charge in [-0.05, 0) is 55.3 Å². The first-order chi connectivity index (χ1) is 19.9. The lowest BCUT2D eigenvalue weighted by atomic mass is 10.1. The first kappa shape index (κ1) is 26.4. The molecule has 2 aromatic heterocycles. The van der Waals surface area contributed by atoms with Crippen LogP contribution in [0.3, 0.4) is 0 Å². The van der Waals surface area contributed by atoms with Crippen LogP contribution in [-0.2, 0) is 10.0 Å². The van der Waals surface area contributed by atoms with E-state index in [1.54, 1.807) is 69.8 Å². The van der Waals surface area contributed by atoms with Gasteiger partial charge in [-0.15, -0.1) is 0 Å². The summed E-state index contributed by atoms with van der Waals surface area (Å²) in [5.74, 6) is 0.151. The van der Waals surface area contributed by atoms with Gasteiger partial charge in [0.05, 0.1) is 32.8 Å². The molecule has 1 aliphatic heterocycles. The SMILES string of the molecule is N#C/C(=C\c1cn(-c2ccccc2)nc1-c1ccc(S(=O)(=O)N2CCCCC2)cc1)c1nc2ccccc2c(=O)[nH]1. The molecule has 204 valence electrons. The average molecular weight is 563 g/mol. The summed E-state index contributed by atoms with van der Waals surface area (Å²) in [4.78, 5) is 20.1. The van der Waals surface area contributed by atoms with Crippen LogP contribution in [0.1, 0.15) is 30.7 Å². The van der Waals surface area contributed by atoms with E-state index in [-0.39, 0.29) is 21.9 Å². The number of allylic oxidation sites excluding steroid dienone is 1. The van der Waals surface area contributed by atoms with Gasteiger partial charge in [0.2, 0.25) is 10.0 Å². The molecule has 0 radical (unpaired) electrons. The molecule has 0 aliphatic carbocycles. The Morgan fingerprint density at radius 3 is 2.37 bits per heavy atom. The largest absolute Gasteiger partial charge is 0.305 e. The van der Waals surface area contributed by atoms with Crippen LogP contribution in [0.25, 0.3) is 39.5 Å². The van der Waals surface area contributed by atoms with Crippen LogP contribution in [0.2, 0.25) is 0 Å². The zero-order chi connectivity index (χ0) is 28.4. The minimum Gasteiger partial charge on any atom is -0.305 e. The third-order valence-electron chi connectivity index (χ3n) is 7.13. The van der Waals surface area contributed by atoms with E-state index in [0.29, 0.717) is 40.8 Å². The van der Waals surface area contributed by atoms with Gasteiger partial charge in [0.25, 0.3) is 5.56 Å². The molecule has 9 nitrogen and oxygen atoms in total. The van der Waals surface area contributed by atoms with Crippen molar-refractivity contribution in [3.8, 4) is 23.0 Å². The second-order valence-electron chi connectivity index (χ2n) is 9.80. The zero-order valence-corrected chi connectivity index (χ0v) is 22.9. The van der Waals surface area contributed by atoms with Gasteiger partial charge in [-0.3, -0.25) is 4.79 Å². The van der Waals surface area contributed by atoms with Crippen LogP contribution in [0, 0.1) is 11.3 Å². The Labute approximate surface area is 237 Å². The summed E-state index contributed by atoms with van der Waals surface area (Å²) in [6.07, 6.45) is 6.19. The van der Waals surface area contributed by atoms with Crippen LogP contribution in [0.15, 0.2) is 94.7 Å². The van der Waals surface area contributed by atoms with Gasteiger partial charge < -0.3 is 4.98 Å². The number of sulfonamides is 1. The van der Waals surface area contributed by atoms with Crippen molar-refractivity contribution < 1.29 is 8.42 Å². The van der Waals surface area contributed by atoms with Crippen molar-refractivity contribution in [3.63, 3.8) is 0 Å². The highest BCUT2D eigenvalue weighted by Gasteiger charge is 2.26. The number of H-pyrrole nitrogens is 1. The summed E-state index contributed by atoms with van der Waals surface area (Å²) in [6, 6.07) is 25.3. The quantitative estimate of drug-likeness (QED) is 0.290. The van der Waals surface area contributed by atoms with Gasteiger partial charge in [0.15, 0.2) is 5.82 Å². The predicted molar refractivity (Wildman–Crippen MR) is 157 cm³/mol. The van der Waals surface area contributed by atoms with E-state index in [0.717, 1.165) is 24.9 Å². The van der Waals surface area contributed by atoms with Crippen molar-refractivity contribution in [2.24, 2.45) is 0 Å². The second kappa shape index (κ2) is 11.0. The molecule has 0 saturated carbocycles. The number of hydrogen-bond acceptors (Lipinski definition) is 6. The molecule has 0 unspecified atom stereocenters. The molecule has 3 aromatic carbocycles. The Hall–Kier alpha value is -4.85. The van der Waals surface area contributed by atoms with Crippen molar-refractivity contribution in [1.29, 1.82) is 5.26 Å². The Balaban J connectivity index is 1.44. The lowest BCUT2D eigenvalue weighted by molar-refractivity contribution is 0.346. The number of hydrogen-bond donors (Lipinski definition) is 1. The van der Waals surface area contributed by atoms with E-state index in [2.05, 4.69) is 16.0 Å². The van der Waals surface area contributed by atoms with Crippen LogP contribution >= 0.6 is 0 Å². The fourth-order valence-corrected chi connectivity index (χ4v) is 6.51. The maximum absolute atomic E-state index is 13.2. The van der Waals surface area contributed by atoms with Gasteiger partial charge in [-0.25, -0.2) is 18.1 Å². The van der Waals surface area contributed by atoms with Crippen molar-refractivity contribution >= 4 is 32.6 Å². The standard InChI is InChI=1S/C31H26N6O3S/c32-20-23(30-33-28-12-6-5-11-27(28)31(38)34-30)19-24-21-37(25-9-3-1-4-10-25)35-29(24)22-13-15-26(16-14-22)41(39,40)36-17-7-2-8-18-36/h1,3-6,9-16,19,21H,2,7-8,17-18H2,(H,33,34,38)/b23-19+. The second-order valence-corrected chi connectivity index (χ2v) is 11.7. The van der Waals surface area contributed by atoms with Crippen molar-refractivity contribution in [2.45, 2.75) is 24.2 Å². The number of rotatable bonds is 6. The maximum atomic E-state index is 13.2. The Morgan fingerprint density at radius 1 is 0.927 bits per heavy atom. The number of nitrogens with one attached hydrogen (secondary N) is 1. The number of piperidine rings is 1. The van der Waals surface area contributed by atoms with E-state index in [1.807, 2.05) is 30.3 Å². The zero-order valence-electron chi connectivity index (χ0n) is 22.1. The van der Waals surface area contributed by atoms with Crippen molar-refractivity contribution in [3.05, 3.63) is 107 Å². The molecule has 1 fully saturated rings. The third kappa shape index (κ3) is 5.20. The van der Waals surface area contributed by atoms with E-state index in [9.17, 15) is 18.5 Å². The molecule has 1 N–H and O–H groups in total. The summed E-state index contributed by atoms with van der Waals surface area (Å²) in [5, 5.41) is 15.3. The molecule has 6 rings (SSSR count). The number of nitrogens with zero attached hydrogens (tertiary/aromatic N) is 5. The van der Waals surface area contributed by atoms with E-state index >= 15 is 0 Å². The van der Waals surface area contributed by atoms with Gasteiger partial charge in [-0.2, -0.15) is 14.7 Å². The van der Waals surface area contributed by atoms with Crippen LogP contribution in [0.4, 0.5) is 0 Å². The smallest absolute Gasteiger partial charge is 0.259 e. The molecule has 0 spiro atoms. The Kier molecular flexibility index (Phi) is 7.05. The summed E-state index contributed by atoms with van der Waals surface area (Å²) in [6.45, 7) is 1.06. The van der Waals surface area contributed by atoms with Gasteiger partial charge >= 0.3 is 0 Å². The van der Waals surface area contributed by atoms with E-state index in [1.165, 1.54) is 0 Å². The molecule has 10 heteroatoms. The lowest BCUT2D eigenvalue weighted by Crippen LogP contribution is -2.35. The summed E-state index contributed by atoms with van der Waals surface area (Å²) in [7, 11) is -3.58. The average Bonchev–Trinajstić information content (AvgIpc) is 3.44. The molecule has 5 aromatic rings. The summed E-state index contributed by atoms with van der Waals surface area (Å²) >= 11 is 0. The number of aromatic amines is 1. The number of benzene rings is 3. The van der Waals surface area contributed by atoms with E-state index in [4.69, 9.17) is 5.10 Å². The van der Waals surface area contributed by atoms with Gasteiger partial charge in [-0.1, -0.05) is 48.9 Å². The minimum atomic E-state index is -3.58. The Morgan fingerprint density at radius 2 is 1.63 bits per heavy atom. The normalized spacial score (nSPS) is 14.7. The molecule has 1 aliphatic rings. The van der Waals surface area contributed by atoms with Crippen LogP contribution < -0.4 is 5.56 Å². The van der Waals surface area contributed by atoms with Crippen molar-refractivity contribution in [2.75, 3.05) is 13.1 Å². The first-order valence-electron chi connectivity index (χ1n) is 13.3. The molecule has 0 atom stereocenters. The van der Waals surface area contributed by atoms with E-state index < -0.39 is 10.0 Å². The minimum absolute atomic E-state index is 0.151. The number of nitriles is 1. The molecule has 41 heavy (non-hydrogen) atoms. The molecule has 1 saturated heterocycles. The predicted octanol–water partition coefficient (Wildman–Crippen LogP) is 5.01. The third-order valence-corrected chi connectivity index (χ3v) is 9.04. The lowest BCUT2D eigenvalue weighted by Gasteiger charge is -2.25. The highest BCUT2D eigenvalue weighted by molar-refractivity contribution is 7.89. The maximum Gasteiger partial charge on any atom is 0.259 e. The highest BCUT2D eigenvalue weighted by atomic mass is 32.2. The van der Waals surface area contributed by atoms with Crippen LogP contribution in [-0.4, -0.2) is 45.6 Å². The van der Waals surface area contributed by atoms with Crippen molar-refractivity contribution in [1.82, 2.24) is 24.1 Å². The first-order valence-corrected chi connectivity index (χ1v) is 14.7. The molecule has 3 heterocycles. The van der Waals surface area contributed by atoms with Gasteiger partial charge in [0.1, 0.15) is 6.07 Å². The number of aromatic nitrogens is 4. The molecular weight excluding hydrogens is 536 g/mol. The number of fused-ring (bicyclic) bond motifs is 1. The fourth-order valence-electron chi connectivity index (χ4n) is 4.99. The molecule has 0 bridgehead atoms. The van der Waals surface area contributed by atoms with Gasteiger partial charge in [0, 0.05) is 30.4 Å². The summed E-state index contributed by atoms with van der Waals surface area (Å²) < 4.78 is 29.6. The topological polar surface area (TPSA) is 125 Å².